The highest BCUT2D eigenvalue weighted by Crippen LogP contribution is 2.25. The summed E-state index contributed by atoms with van der Waals surface area (Å²) in [5.74, 6) is 0.679. The van der Waals surface area contributed by atoms with Crippen LogP contribution in [0.25, 0.3) is 11.1 Å². The number of para-hydroxylation sites is 2. The Balaban J connectivity index is 1.86. The minimum atomic E-state index is 0.247. The van der Waals surface area contributed by atoms with Gasteiger partial charge in [-0.2, -0.15) is 4.98 Å². The molecule has 0 unspecified atom stereocenters. The van der Waals surface area contributed by atoms with E-state index < -0.39 is 0 Å². The summed E-state index contributed by atoms with van der Waals surface area (Å²) in [5.41, 5.74) is 8.08. The number of nitrogens with zero attached hydrogens (tertiary/aromatic N) is 1. The van der Waals surface area contributed by atoms with Crippen LogP contribution in [-0.4, -0.2) is 4.98 Å². The highest BCUT2D eigenvalue weighted by molar-refractivity contribution is 5.72. The molecule has 3 aromatic rings. The molecule has 0 aliphatic heterocycles. The van der Waals surface area contributed by atoms with E-state index in [2.05, 4.69) is 4.98 Å². The van der Waals surface area contributed by atoms with Gasteiger partial charge in [0.25, 0.3) is 0 Å². The molecule has 2 aromatic carbocycles. The maximum absolute atomic E-state index is 5.54. The predicted octanol–water partition coefficient (Wildman–Crippen LogP) is 3.08. The predicted molar refractivity (Wildman–Crippen MR) is 68.4 cm³/mol. The van der Waals surface area contributed by atoms with E-state index in [0.29, 0.717) is 17.9 Å². The van der Waals surface area contributed by atoms with Crippen molar-refractivity contribution in [2.45, 2.75) is 6.54 Å². The lowest BCUT2D eigenvalue weighted by atomic mass is 10.2. The molecule has 0 radical (unpaired) electrons. The number of oxazole rings is 1. The van der Waals surface area contributed by atoms with Crippen LogP contribution in [-0.2, 0) is 6.54 Å². The summed E-state index contributed by atoms with van der Waals surface area (Å²) < 4.78 is 11.0. The molecule has 0 aliphatic carbocycles. The highest BCUT2D eigenvalue weighted by atomic mass is 16.6. The first-order valence-electron chi connectivity index (χ1n) is 5.67. The molecule has 90 valence electrons. The minimum Gasteiger partial charge on any atom is -0.411 e. The van der Waals surface area contributed by atoms with Gasteiger partial charge in [-0.25, -0.2) is 0 Å². The van der Waals surface area contributed by atoms with Gasteiger partial charge in [-0.05, 0) is 29.8 Å². The number of fused-ring (bicyclic) bond motifs is 1. The Morgan fingerprint density at radius 3 is 2.56 bits per heavy atom. The Kier molecular flexibility index (Phi) is 2.70. The van der Waals surface area contributed by atoms with E-state index in [9.17, 15) is 0 Å². The Morgan fingerprint density at radius 1 is 1.06 bits per heavy atom. The van der Waals surface area contributed by atoms with E-state index >= 15 is 0 Å². The van der Waals surface area contributed by atoms with E-state index in [1.165, 1.54) is 0 Å². The third-order valence-electron chi connectivity index (χ3n) is 2.64. The molecule has 1 heterocycles. The molecule has 0 bridgehead atoms. The van der Waals surface area contributed by atoms with Crippen LogP contribution in [0.5, 0.6) is 11.8 Å². The van der Waals surface area contributed by atoms with Gasteiger partial charge in [0.2, 0.25) is 0 Å². The number of ether oxygens (including phenoxy) is 1. The van der Waals surface area contributed by atoms with Gasteiger partial charge in [-0.15, -0.1) is 0 Å². The minimum absolute atomic E-state index is 0.247. The van der Waals surface area contributed by atoms with Crippen LogP contribution in [0.2, 0.25) is 0 Å². The standard InChI is InChI=1S/C14H12N2O2/c15-9-10-5-7-11(8-6-10)17-14-16-12-3-1-2-4-13(12)18-14/h1-8H,9,15H2. The Labute approximate surface area is 104 Å². The average Bonchev–Trinajstić information content (AvgIpc) is 2.82. The van der Waals surface area contributed by atoms with Gasteiger partial charge in [0.15, 0.2) is 5.58 Å². The van der Waals surface area contributed by atoms with Crippen LogP contribution in [0.15, 0.2) is 52.9 Å². The van der Waals surface area contributed by atoms with Crippen LogP contribution < -0.4 is 10.5 Å². The smallest absolute Gasteiger partial charge is 0.400 e. The summed E-state index contributed by atoms with van der Waals surface area (Å²) in [5, 5.41) is 0. The zero-order valence-electron chi connectivity index (χ0n) is 9.67. The third-order valence-corrected chi connectivity index (χ3v) is 2.64. The van der Waals surface area contributed by atoms with Crippen molar-refractivity contribution in [3.63, 3.8) is 0 Å². The maximum Gasteiger partial charge on any atom is 0.400 e. The van der Waals surface area contributed by atoms with Crippen molar-refractivity contribution in [3.8, 4) is 11.8 Å². The third kappa shape index (κ3) is 2.06. The first-order valence-corrected chi connectivity index (χ1v) is 5.67. The number of aromatic nitrogens is 1. The van der Waals surface area contributed by atoms with E-state index in [4.69, 9.17) is 14.9 Å². The van der Waals surface area contributed by atoms with Crippen molar-refractivity contribution in [1.82, 2.24) is 4.98 Å². The SMILES string of the molecule is NCc1ccc(Oc2nc3ccccc3o2)cc1. The van der Waals surface area contributed by atoms with Crippen LogP contribution in [0, 0.1) is 0 Å². The Morgan fingerprint density at radius 2 is 1.83 bits per heavy atom. The molecule has 0 saturated heterocycles. The lowest BCUT2D eigenvalue weighted by Crippen LogP contribution is -1.95. The van der Waals surface area contributed by atoms with Crippen LogP contribution in [0.4, 0.5) is 0 Å². The van der Waals surface area contributed by atoms with Crippen molar-refractivity contribution < 1.29 is 9.15 Å². The number of rotatable bonds is 3. The largest absolute Gasteiger partial charge is 0.411 e. The van der Waals surface area contributed by atoms with E-state index in [-0.39, 0.29) is 6.08 Å². The van der Waals surface area contributed by atoms with Crippen LogP contribution in [0.1, 0.15) is 5.56 Å². The summed E-state index contributed by atoms with van der Waals surface area (Å²) >= 11 is 0. The van der Waals surface area contributed by atoms with Crippen LogP contribution >= 0.6 is 0 Å². The van der Waals surface area contributed by atoms with Gasteiger partial charge < -0.3 is 14.9 Å². The number of benzene rings is 2. The molecule has 0 saturated carbocycles. The molecule has 0 amide bonds. The zero-order chi connectivity index (χ0) is 12.4. The van der Waals surface area contributed by atoms with E-state index in [0.717, 1.165) is 11.1 Å². The van der Waals surface area contributed by atoms with Crippen molar-refractivity contribution in [3.05, 3.63) is 54.1 Å². The molecule has 0 atom stereocenters. The molecular weight excluding hydrogens is 228 g/mol. The average molecular weight is 240 g/mol. The number of hydrogen-bond acceptors (Lipinski definition) is 4. The summed E-state index contributed by atoms with van der Waals surface area (Å²) in [6.45, 7) is 0.517. The van der Waals surface area contributed by atoms with Crippen molar-refractivity contribution in [1.29, 1.82) is 0 Å². The lowest BCUT2D eigenvalue weighted by molar-refractivity contribution is 0.343. The summed E-state index contributed by atoms with van der Waals surface area (Å²) in [6, 6.07) is 15.1. The fraction of sp³-hybridized carbons (Fsp3) is 0.0714. The van der Waals surface area contributed by atoms with Gasteiger partial charge in [0, 0.05) is 6.54 Å². The Hall–Kier alpha value is -2.33. The van der Waals surface area contributed by atoms with E-state index in [1.807, 2.05) is 48.5 Å². The molecule has 0 fully saturated rings. The lowest BCUT2D eigenvalue weighted by Gasteiger charge is -2.01. The fourth-order valence-electron chi connectivity index (χ4n) is 1.69. The topological polar surface area (TPSA) is 61.3 Å². The second kappa shape index (κ2) is 4.50. The molecule has 4 nitrogen and oxygen atoms in total. The summed E-state index contributed by atoms with van der Waals surface area (Å²) in [7, 11) is 0. The second-order valence-corrected chi connectivity index (χ2v) is 3.90. The second-order valence-electron chi connectivity index (χ2n) is 3.90. The van der Waals surface area contributed by atoms with Gasteiger partial charge in [-0.1, -0.05) is 24.3 Å². The quantitative estimate of drug-likeness (QED) is 0.764. The number of nitrogens with two attached hydrogens (primary N) is 1. The zero-order valence-corrected chi connectivity index (χ0v) is 9.67. The van der Waals surface area contributed by atoms with Crippen molar-refractivity contribution in [2.75, 3.05) is 0 Å². The molecule has 3 rings (SSSR count). The first-order chi connectivity index (χ1) is 8.85. The monoisotopic (exact) mass is 240 g/mol. The Bertz CT molecular complexity index is 626. The van der Waals surface area contributed by atoms with Gasteiger partial charge in [0.05, 0.1) is 0 Å². The number of hydrogen-bond donors (Lipinski definition) is 1. The van der Waals surface area contributed by atoms with Gasteiger partial charge in [-0.3, -0.25) is 0 Å². The molecule has 18 heavy (non-hydrogen) atoms. The molecule has 4 heteroatoms. The normalized spacial score (nSPS) is 10.7. The van der Waals surface area contributed by atoms with Gasteiger partial charge in [0.1, 0.15) is 11.3 Å². The van der Waals surface area contributed by atoms with E-state index in [1.54, 1.807) is 0 Å². The summed E-state index contributed by atoms with van der Waals surface area (Å²) in [4.78, 5) is 4.24. The molecule has 2 N–H and O–H groups in total. The maximum atomic E-state index is 5.54. The molecule has 1 aromatic heterocycles. The summed E-state index contributed by atoms with van der Waals surface area (Å²) in [6.07, 6.45) is 0.247. The fourth-order valence-corrected chi connectivity index (χ4v) is 1.69. The first kappa shape index (κ1) is 10.8. The molecular formula is C14H12N2O2. The molecule has 0 aliphatic rings. The molecule has 0 spiro atoms. The van der Waals surface area contributed by atoms with Crippen molar-refractivity contribution >= 4 is 11.1 Å². The van der Waals surface area contributed by atoms with Gasteiger partial charge >= 0.3 is 6.08 Å². The van der Waals surface area contributed by atoms with Crippen molar-refractivity contribution in [2.24, 2.45) is 5.73 Å². The van der Waals surface area contributed by atoms with Crippen LogP contribution in [0.3, 0.4) is 0 Å². The highest BCUT2D eigenvalue weighted by Gasteiger charge is 2.06.